The van der Waals surface area contributed by atoms with Gasteiger partial charge in [0.2, 0.25) is 0 Å². The SMILES string of the molecule is CCCC(C1CCC(OCC2CO2)CC1)C1CCC(OCC2CO2)CC1. The summed E-state index contributed by atoms with van der Waals surface area (Å²) in [6, 6.07) is 0. The Kier molecular flexibility index (Phi) is 6.90. The van der Waals surface area contributed by atoms with E-state index in [0.29, 0.717) is 24.4 Å². The van der Waals surface area contributed by atoms with E-state index in [1.54, 1.807) is 0 Å². The Morgan fingerprint density at radius 3 is 1.50 bits per heavy atom. The second kappa shape index (κ2) is 9.36. The average Bonchev–Trinajstić information content (AvgIpc) is 3.58. The predicted octanol–water partition coefficient (Wildman–Crippen LogP) is 4.35. The second-order valence-corrected chi connectivity index (χ2v) is 9.10. The normalized spacial score (nSPS) is 41.0. The van der Waals surface area contributed by atoms with Gasteiger partial charge in [0.1, 0.15) is 12.2 Å². The third kappa shape index (κ3) is 5.67. The number of ether oxygens (including phenoxy) is 4. The molecule has 0 radical (unpaired) electrons. The highest BCUT2D eigenvalue weighted by Crippen LogP contribution is 2.43. The van der Waals surface area contributed by atoms with Crippen molar-refractivity contribution >= 4 is 0 Å². The summed E-state index contributed by atoms with van der Waals surface area (Å²) in [7, 11) is 0. The molecule has 0 bridgehead atoms. The molecule has 2 unspecified atom stereocenters. The lowest BCUT2D eigenvalue weighted by Gasteiger charge is -2.40. The van der Waals surface area contributed by atoms with E-state index >= 15 is 0 Å². The van der Waals surface area contributed by atoms with Gasteiger partial charge in [0.05, 0.1) is 38.6 Å². The van der Waals surface area contributed by atoms with Crippen LogP contribution < -0.4 is 0 Å². The molecule has 2 saturated carbocycles. The molecule has 0 spiro atoms. The topological polar surface area (TPSA) is 43.5 Å². The van der Waals surface area contributed by atoms with Crippen molar-refractivity contribution < 1.29 is 18.9 Å². The van der Waals surface area contributed by atoms with Crippen LogP contribution in [0.5, 0.6) is 0 Å². The molecule has 0 aromatic carbocycles. The molecular weight excluding hydrogens is 328 g/mol. The molecule has 2 heterocycles. The molecule has 0 aromatic heterocycles. The van der Waals surface area contributed by atoms with Gasteiger partial charge in [0.25, 0.3) is 0 Å². The van der Waals surface area contributed by atoms with Crippen molar-refractivity contribution in [2.45, 2.75) is 95.5 Å². The molecule has 2 saturated heterocycles. The molecule has 4 nitrogen and oxygen atoms in total. The molecule has 4 rings (SSSR count). The Hall–Kier alpha value is -0.160. The van der Waals surface area contributed by atoms with Gasteiger partial charge in [-0.3, -0.25) is 0 Å². The minimum atomic E-state index is 0.407. The van der Waals surface area contributed by atoms with Gasteiger partial charge in [-0.1, -0.05) is 19.8 Å². The predicted molar refractivity (Wildman–Crippen MR) is 101 cm³/mol. The zero-order valence-electron chi connectivity index (χ0n) is 16.6. The maximum atomic E-state index is 6.05. The smallest absolute Gasteiger partial charge is 0.104 e. The van der Waals surface area contributed by atoms with Crippen molar-refractivity contribution in [3.8, 4) is 0 Å². The Bertz CT molecular complexity index is 368. The summed E-state index contributed by atoms with van der Waals surface area (Å²) in [6.45, 7) is 5.83. The Morgan fingerprint density at radius 1 is 0.731 bits per heavy atom. The van der Waals surface area contributed by atoms with E-state index in [0.717, 1.165) is 44.2 Å². The average molecular weight is 367 g/mol. The summed E-state index contributed by atoms with van der Waals surface area (Å²) in [5.74, 6) is 2.78. The molecule has 2 aliphatic carbocycles. The molecule has 0 N–H and O–H groups in total. The molecule has 4 fully saturated rings. The summed E-state index contributed by atoms with van der Waals surface area (Å²) in [6.07, 6.45) is 15.1. The first-order valence-corrected chi connectivity index (χ1v) is 11.3. The fourth-order valence-electron chi connectivity index (χ4n) is 5.37. The molecular formula is C22H38O4. The second-order valence-electron chi connectivity index (χ2n) is 9.10. The third-order valence-electron chi connectivity index (χ3n) is 7.11. The van der Waals surface area contributed by atoms with Crippen molar-refractivity contribution in [1.82, 2.24) is 0 Å². The first kappa shape index (κ1) is 19.2. The van der Waals surface area contributed by atoms with Crippen molar-refractivity contribution in [2.24, 2.45) is 17.8 Å². The lowest BCUT2D eigenvalue weighted by atomic mass is 9.67. The van der Waals surface area contributed by atoms with Crippen LogP contribution in [0.25, 0.3) is 0 Å². The zero-order chi connectivity index (χ0) is 17.8. The standard InChI is InChI=1S/C22H38O4/c1-2-3-22(16-4-8-18(9-5-16)23-12-20-14-25-20)17-6-10-19(11-7-17)24-13-21-15-26-21/h16-22H,2-15H2,1H3. The van der Waals surface area contributed by atoms with E-state index in [9.17, 15) is 0 Å². The highest BCUT2D eigenvalue weighted by Gasteiger charge is 2.35. The van der Waals surface area contributed by atoms with Gasteiger partial charge in [-0.2, -0.15) is 0 Å². The number of rotatable bonds is 10. The van der Waals surface area contributed by atoms with E-state index in [-0.39, 0.29) is 0 Å². The fraction of sp³-hybridized carbons (Fsp3) is 1.00. The first-order chi connectivity index (χ1) is 12.8. The van der Waals surface area contributed by atoms with E-state index in [4.69, 9.17) is 18.9 Å². The maximum absolute atomic E-state index is 6.05. The summed E-state index contributed by atoms with van der Waals surface area (Å²) < 4.78 is 22.6. The summed E-state index contributed by atoms with van der Waals surface area (Å²) in [5, 5.41) is 0. The van der Waals surface area contributed by atoms with Crippen molar-refractivity contribution in [3.63, 3.8) is 0 Å². The van der Waals surface area contributed by atoms with Gasteiger partial charge in [0, 0.05) is 0 Å². The highest BCUT2D eigenvalue weighted by molar-refractivity contribution is 4.86. The lowest BCUT2D eigenvalue weighted by Crippen LogP contribution is -2.33. The molecule has 2 aliphatic heterocycles. The van der Waals surface area contributed by atoms with Crippen LogP contribution in [0.15, 0.2) is 0 Å². The molecule has 2 atom stereocenters. The van der Waals surface area contributed by atoms with E-state index < -0.39 is 0 Å². The summed E-state index contributed by atoms with van der Waals surface area (Å²) in [4.78, 5) is 0. The van der Waals surface area contributed by atoms with E-state index in [2.05, 4.69) is 6.92 Å². The molecule has 0 amide bonds. The van der Waals surface area contributed by atoms with Crippen LogP contribution in [0.1, 0.15) is 71.1 Å². The van der Waals surface area contributed by atoms with Gasteiger partial charge >= 0.3 is 0 Å². The van der Waals surface area contributed by atoms with Crippen molar-refractivity contribution in [2.75, 3.05) is 26.4 Å². The van der Waals surface area contributed by atoms with Crippen molar-refractivity contribution in [1.29, 1.82) is 0 Å². The monoisotopic (exact) mass is 366 g/mol. The number of epoxide rings is 2. The summed E-state index contributed by atoms with van der Waals surface area (Å²) >= 11 is 0. The third-order valence-corrected chi connectivity index (χ3v) is 7.11. The zero-order valence-corrected chi connectivity index (χ0v) is 16.6. The fourth-order valence-corrected chi connectivity index (χ4v) is 5.37. The Morgan fingerprint density at radius 2 is 1.15 bits per heavy atom. The summed E-state index contributed by atoms with van der Waals surface area (Å²) in [5.41, 5.74) is 0. The lowest BCUT2D eigenvalue weighted by molar-refractivity contribution is -0.0178. The van der Waals surface area contributed by atoms with Gasteiger partial charge in [-0.25, -0.2) is 0 Å². The Labute approximate surface area is 159 Å². The van der Waals surface area contributed by atoms with Crippen LogP contribution in [-0.4, -0.2) is 50.8 Å². The van der Waals surface area contributed by atoms with Crippen LogP contribution in [0.3, 0.4) is 0 Å². The molecule has 4 heteroatoms. The first-order valence-electron chi connectivity index (χ1n) is 11.3. The van der Waals surface area contributed by atoms with Gasteiger partial charge in [-0.05, 0) is 69.1 Å². The maximum Gasteiger partial charge on any atom is 0.104 e. The number of hydrogen-bond donors (Lipinski definition) is 0. The highest BCUT2D eigenvalue weighted by atomic mass is 16.6. The quantitative estimate of drug-likeness (QED) is 0.539. The molecule has 150 valence electrons. The minimum absolute atomic E-state index is 0.407. The van der Waals surface area contributed by atoms with Crippen molar-refractivity contribution in [3.05, 3.63) is 0 Å². The van der Waals surface area contributed by atoms with Crippen LogP contribution in [0.2, 0.25) is 0 Å². The Balaban J connectivity index is 1.19. The van der Waals surface area contributed by atoms with Gasteiger partial charge in [0.15, 0.2) is 0 Å². The van der Waals surface area contributed by atoms with Crippen LogP contribution in [0.4, 0.5) is 0 Å². The van der Waals surface area contributed by atoms with Gasteiger partial charge < -0.3 is 18.9 Å². The molecule has 4 aliphatic rings. The van der Waals surface area contributed by atoms with Crippen LogP contribution >= 0.6 is 0 Å². The number of hydrogen-bond acceptors (Lipinski definition) is 4. The van der Waals surface area contributed by atoms with Crippen LogP contribution in [0, 0.1) is 17.8 Å². The van der Waals surface area contributed by atoms with Gasteiger partial charge in [-0.15, -0.1) is 0 Å². The van der Waals surface area contributed by atoms with E-state index in [1.807, 2.05) is 0 Å². The van der Waals surface area contributed by atoms with E-state index in [1.165, 1.54) is 64.2 Å². The minimum Gasteiger partial charge on any atom is -0.375 e. The molecule has 0 aromatic rings. The largest absolute Gasteiger partial charge is 0.375 e. The molecule has 26 heavy (non-hydrogen) atoms. The van der Waals surface area contributed by atoms with Crippen LogP contribution in [-0.2, 0) is 18.9 Å².